The number of amides is 4. The molecule has 0 bridgehead atoms. The van der Waals surface area contributed by atoms with E-state index >= 15 is 0 Å². The highest BCUT2D eigenvalue weighted by atomic mass is 33.1. The van der Waals surface area contributed by atoms with Crippen molar-refractivity contribution < 1.29 is 29.1 Å². The van der Waals surface area contributed by atoms with E-state index in [-0.39, 0.29) is 37.9 Å². The summed E-state index contributed by atoms with van der Waals surface area (Å²) < 4.78 is 0. The van der Waals surface area contributed by atoms with Crippen LogP contribution in [0.2, 0.25) is 0 Å². The third-order valence-electron chi connectivity index (χ3n) is 4.89. The Morgan fingerprint density at radius 3 is 2.19 bits per heavy atom. The SMILES string of the molecule is NC(N)=NCCC[C@@H](NC(=O)CN1CCSSCC1)C(=O)NCC(=O)N[C@@H](CC(=O)O)C(=O)NCCS. The average Bonchev–Trinajstić information content (AvgIpc) is 3.10. The first-order valence-electron chi connectivity index (χ1n) is 11.6. The molecular formula is C20H36N8O6S3. The van der Waals surface area contributed by atoms with Crippen LogP contribution in [-0.4, -0.2) is 114 Å². The third kappa shape index (κ3) is 15.5. The van der Waals surface area contributed by atoms with Crippen LogP contribution >= 0.6 is 34.2 Å². The molecule has 0 aliphatic carbocycles. The summed E-state index contributed by atoms with van der Waals surface area (Å²) in [7, 11) is 3.50. The Balaban J connectivity index is 2.70. The van der Waals surface area contributed by atoms with E-state index in [1.165, 1.54) is 0 Å². The van der Waals surface area contributed by atoms with Gasteiger partial charge in [-0.1, -0.05) is 21.6 Å². The first kappa shape index (κ1) is 32.7. The molecule has 4 amide bonds. The predicted molar refractivity (Wildman–Crippen MR) is 147 cm³/mol. The number of nitrogens with one attached hydrogen (secondary N) is 4. The zero-order valence-corrected chi connectivity index (χ0v) is 23.0. The summed E-state index contributed by atoms with van der Waals surface area (Å²) >= 11 is 3.96. The molecule has 1 saturated heterocycles. The minimum absolute atomic E-state index is 0.0899. The number of nitrogens with zero attached hydrogens (tertiary/aromatic N) is 2. The van der Waals surface area contributed by atoms with E-state index in [1.54, 1.807) is 21.6 Å². The van der Waals surface area contributed by atoms with Crippen molar-refractivity contribution in [1.29, 1.82) is 0 Å². The molecule has 1 aliphatic rings. The molecule has 210 valence electrons. The lowest BCUT2D eigenvalue weighted by Gasteiger charge is -2.22. The maximum absolute atomic E-state index is 12.8. The van der Waals surface area contributed by atoms with Crippen molar-refractivity contribution in [3.63, 3.8) is 0 Å². The normalized spacial score (nSPS) is 15.4. The second kappa shape index (κ2) is 18.8. The molecule has 0 aromatic rings. The summed E-state index contributed by atoms with van der Waals surface area (Å²) in [4.78, 5) is 66.8. The van der Waals surface area contributed by atoms with Crippen LogP contribution in [0, 0.1) is 0 Å². The van der Waals surface area contributed by atoms with Gasteiger partial charge in [-0.15, -0.1) is 0 Å². The second-order valence-corrected chi connectivity index (χ2v) is 11.1. The van der Waals surface area contributed by atoms with Crippen LogP contribution in [0.5, 0.6) is 0 Å². The fraction of sp³-hybridized carbons (Fsp3) is 0.700. The summed E-state index contributed by atoms with van der Waals surface area (Å²) in [5.41, 5.74) is 10.6. The molecule has 0 saturated carbocycles. The number of hydrogen-bond donors (Lipinski definition) is 8. The number of hydrogen-bond acceptors (Lipinski definition) is 10. The fourth-order valence-corrected chi connectivity index (χ4v) is 5.33. The smallest absolute Gasteiger partial charge is 0.305 e. The number of nitrogens with two attached hydrogens (primary N) is 2. The minimum atomic E-state index is -1.32. The van der Waals surface area contributed by atoms with Gasteiger partial charge in [-0.25, -0.2) is 0 Å². The lowest BCUT2D eigenvalue weighted by molar-refractivity contribution is -0.140. The zero-order chi connectivity index (χ0) is 27.6. The van der Waals surface area contributed by atoms with Gasteiger partial charge in [0.15, 0.2) is 5.96 Å². The molecule has 14 nitrogen and oxygen atoms in total. The zero-order valence-electron chi connectivity index (χ0n) is 20.4. The predicted octanol–water partition coefficient (Wildman–Crippen LogP) is -2.66. The summed E-state index contributed by atoms with van der Waals surface area (Å²) in [6, 6.07) is -2.26. The molecule has 0 aromatic heterocycles. The molecule has 1 aliphatic heterocycles. The van der Waals surface area contributed by atoms with E-state index in [0.29, 0.717) is 12.2 Å². The Morgan fingerprint density at radius 2 is 1.59 bits per heavy atom. The van der Waals surface area contributed by atoms with Crippen LogP contribution in [0.25, 0.3) is 0 Å². The highest BCUT2D eigenvalue weighted by molar-refractivity contribution is 8.76. The van der Waals surface area contributed by atoms with Crippen LogP contribution in [0.4, 0.5) is 0 Å². The van der Waals surface area contributed by atoms with E-state index in [1.807, 2.05) is 4.90 Å². The largest absolute Gasteiger partial charge is 0.481 e. The fourth-order valence-electron chi connectivity index (χ4n) is 3.16. The quantitative estimate of drug-likeness (QED) is 0.0309. The molecule has 0 aromatic carbocycles. The van der Waals surface area contributed by atoms with Gasteiger partial charge < -0.3 is 37.8 Å². The van der Waals surface area contributed by atoms with Crippen molar-refractivity contribution in [3.8, 4) is 0 Å². The lowest BCUT2D eigenvalue weighted by Crippen LogP contribution is -2.53. The topological polar surface area (TPSA) is 221 Å². The Kier molecular flexibility index (Phi) is 16.6. The molecule has 37 heavy (non-hydrogen) atoms. The lowest BCUT2D eigenvalue weighted by atomic mass is 10.1. The Bertz CT molecular complexity index is 807. The van der Waals surface area contributed by atoms with Gasteiger partial charge in [0.25, 0.3) is 0 Å². The van der Waals surface area contributed by atoms with Crippen LogP contribution < -0.4 is 32.7 Å². The van der Waals surface area contributed by atoms with Crippen molar-refractivity contribution in [2.75, 3.05) is 56.5 Å². The molecule has 2 atom stereocenters. The number of carbonyl (C=O) groups excluding carboxylic acids is 4. The summed E-state index contributed by atoms with van der Waals surface area (Å²) in [6.07, 6.45) is -0.0179. The molecule has 1 heterocycles. The van der Waals surface area contributed by atoms with Gasteiger partial charge >= 0.3 is 5.97 Å². The summed E-state index contributed by atoms with van der Waals surface area (Å²) in [6.45, 7) is 1.58. The van der Waals surface area contributed by atoms with E-state index < -0.39 is 48.7 Å². The molecule has 0 spiro atoms. The molecule has 9 N–H and O–H groups in total. The molecular weight excluding hydrogens is 544 g/mol. The van der Waals surface area contributed by atoms with Crippen LogP contribution in [-0.2, 0) is 24.0 Å². The van der Waals surface area contributed by atoms with Crippen molar-refractivity contribution in [2.45, 2.75) is 31.3 Å². The Morgan fingerprint density at radius 1 is 0.973 bits per heavy atom. The number of carbonyl (C=O) groups is 5. The van der Waals surface area contributed by atoms with E-state index in [2.05, 4.69) is 38.9 Å². The number of guanidine groups is 1. The number of rotatable bonds is 16. The van der Waals surface area contributed by atoms with E-state index in [4.69, 9.17) is 16.6 Å². The number of carboxylic acid groups (broad SMARTS) is 1. The van der Waals surface area contributed by atoms with Gasteiger partial charge in [0.2, 0.25) is 23.6 Å². The number of carboxylic acids is 1. The van der Waals surface area contributed by atoms with Crippen molar-refractivity contribution in [2.24, 2.45) is 16.5 Å². The second-order valence-electron chi connectivity index (χ2n) is 7.94. The Hall–Kier alpha value is -2.37. The molecule has 17 heteroatoms. The molecule has 1 rings (SSSR count). The highest BCUT2D eigenvalue weighted by Gasteiger charge is 2.25. The average molecular weight is 581 g/mol. The highest BCUT2D eigenvalue weighted by Crippen LogP contribution is 2.23. The maximum atomic E-state index is 12.8. The monoisotopic (exact) mass is 580 g/mol. The first-order valence-corrected chi connectivity index (χ1v) is 14.7. The van der Waals surface area contributed by atoms with Crippen molar-refractivity contribution in [1.82, 2.24) is 26.2 Å². The van der Waals surface area contributed by atoms with Crippen LogP contribution in [0.1, 0.15) is 19.3 Å². The number of thiol groups is 1. The maximum Gasteiger partial charge on any atom is 0.305 e. The standard InChI is InChI=1S/C20H36N8O6S3/c21-20(22)24-3-1-2-13(26-16(30)12-28-5-8-36-37-9-6-28)18(33)25-11-15(29)27-14(10-17(31)32)19(34)23-4-7-35/h13-14,35H,1-12H2,(H,23,34)(H,25,33)(H,26,30)(H,27,29)(H,31,32)(H4,21,22,24)/t13-,14+/m1/s1. The van der Waals surface area contributed by atoms with Gasteiger partial charge in [-0.05, 0) is 12.8 Å². The number of aliphatic carboxylic acids is 1. The minimum Gasteiger partial charge on any atom is -0.481 e. The van der Waals surface area contributed by atoms with Gasteiger partial charge in [-0.3, -0.25) is 33.9 Å². The van der Waals surface area contributed by atoms with E-state index in [0.717, 1.165) is 24.6 Å². The molecule has 0 radical (unpaired) electrons. The number of aliphatic imine (C=N–C) groups is 1. The van der Waals surface area contributed by atoms with Crippen LogP contribution in [0.3, 0.4) is 0 Å². The molecule has 1 fully saturated rings. The Labute approximate surface area is 229 Å². The van der Waals surface area contributed by atoms with Gasteiger partial charge in [0, 0.05) is 43.4 Å². The molecule has 0 unspecified atom stereocenters. The van der Waals surface area contributed by atoms with Gasteiger partial charge in [0.05, 0.1) is 19.5 Å². The van der Waals surface area contributed by atoms with Crippen molar-refractivity contribution in [3.05, 3.63) is 0 Å². The summed E-state index contributed by atoms with van der Waals surface area (Å²) in [5, 5.41) is 18.9. The van der Waals surface area contributed by atoms with Gasteiger partial charge in [-0.2, -0.15) is 12.6 Å². The summed E-state index contributed by atoms with van der Waals surface area (Å²) in [5.74, 6) is -1.61. The van der Waals surface area contributed by atoms with Crippen LogP contribution in [0.15, 0.2) is 4.99 Å². The van der Waals surface area contributed by atoms with Gasteiger partial charge in [0.1, 0.15) is 12.1 Å². The van der Waals surface area contributed by atoms with Crippen molar-refractivity contribution >= 4 is 69.8 Å². The van der Waals surface area contributed by atoms with E-state index in [9.17, 15) is 24.0 Å². The first-order chi connectivity index (χ1) is 17.6. The third-order valence-corrected chi connectivity index (χ3v) is 7.48.